The van der Waals surface area contributed by atoms with Gasteiger partial charge in [0.15, 0.2) is 0 Å². The van der Waals surface area contributed by atoms with Gasteiger partial charge in [0.2, 0.25) is 0 Å². The highest BCUT2D eigenvalue weighted by atomic mass is 15.2. The number of nitrogens with one attached hydrogen (secondary N) is 1. The summed E-state index contributed by atoms with van der Waals surface area (Å²) in [6.07, 6.45) is 8.28. The molecule has 1 unspecified atom stereocenters. The molecular formula is C19H22N4. The van der Waals surface area contributed by atoms with Gasteiger partial charge in [-0.05, 0) is 5.56 Å². The lowest BCUT2D eigenvalue weighted by Gasteiger charge is -2.34. The number of piperazine rings is 1. The molecule has 1 N–H and O–H groups in total. The molecule has 23 heavy (non-hydrogen) atoms. The van der Waals surface area contributed by atoms with Crippen molar-refractivity contribution in [3.63, 3.8) is 0 Å². The number of fused-ring (bicyclic) bond motifs is 1. The van der Waals surface area contributed by atoms with Gasteiger partial charge < -0.3 is 5.32 Å². The van der Waals surface area contributed by atoms with Crippen molar-refractivity contribution >= 4 is 11.4 Å². The van der Waals surface area contributed by atoms with E-state index in [2.05, 4.69) is 69.0 Å². The van der Waals surface area contributed by atoms with E-state index in [0.717, 1.165) is 50.4 Å². The van der Waals surface area contributed by atoms with Gasteiger partial charge >= 0.3 is 0 Å². The van der Waals surface area contributed by atoms with E-state index in [0.29, 0.717) is 6.04 Å². The predicted molar refractivity (Wildman–Crippen MR) is 94.8 cm³/mol. The molecule has 0 amide bonds. The molecule has 0 spiro atoms. The maximum atomic E-state index is 4.42. The average molecular weight is 306 g/mol. The van der Waals surface area contributed by atoms with Crippen LogP contribution in [0.25, 0.3) is 0 Å². The van der Waals surface area contributed by atoms with Gasteiger partial charge in [0.05, 0.1) is 11.4 Å². The fourth-order valence-electron chi connectivity index (χ4n) is 3.48. The Labute approximate surface area is 137 Å². The van der Waals surface area contributed by atoms with E-state index in [4.69, 9.17) is 0 Å². The van der Waals surface area contributed by atoms with Crippen LogP contribution < -0.4 is 5.32 Å². The number of hydrogen-bond acceptors (Lipinski definition) is 4. The molecule has 0 radical (unpaired) electrons. The van der Waals surface area contributed by atoms with Crippen molar-refractivity contribution in [2.45, 2.75) is 25.4 Å². The molecule has 0 saturated carbocycles. The maximum Gasteiger partial charge on any atom is 0.0759 e. The summed E-state index contributed by atoms with van der Waals surface area (Å²) < 4.78 is 0. The Morgan fingerprint density at radius 3 is 3.00 bits per heavy atom. The lowest BCUT2D eigenvalue weighted by Crippen LogP contribution is -2.51. The monoisotopic (exact) mass is 306 g/mol. The van der Waals surface area contributed by atoms with Crippen LogP contribution in [0.2, 0.25) is 0 Å². The molecule has 2 aliphatic heterocycles. The zero-order valence-electron chi connectivity index (χ0n) is 13.3. The largest absolute Gasteiger partial charge is 0.311 e. The molecule has 4 rings (SSSR count). The quantitative estimate of drug-likeness (QED) is 0.928. The second kappa shape index (κ2) is 6.60. The van der Waals surface area contributed by atoms with Crippen LogP contribution in [0.15, 0.2) is 64.3 Å². The highest BCUT2D eigenvalue weighted by Crippen LogP contribution is 2.21. The summed E-state index contributed by atoms with van der Waals surface area (Å²) in [6, 6.07) is 11.2. The molecule has 4 heteroatoms. The molecule has 1 aromatic carbocycles. The van der Waals surface area contributed by atoms with E-state index in [1.54, 1.807) is 0 Å². The smallest absolute Gasteiger partial charge is 0.0759 e. The topological polar surface area (TPSA) is 40.0 Å². The second-order valence-corrected chi connectivity index (χ2v) is 6.38. The number of nitrogens with zero attached hydrogens (tertiary/aromatic N) is 3. The first-order valence-electron chi connectivity index (χ1n) is 8.39. The van der Waals surface area contributed by atoms with E-state index in [1.807, 2.05) is 0 Å². The first-order chi connectivity index (χ1) is 11.4. The molecule has 0 aromatic heterocycles. The zero-order valence-corrected chi connectivity index (χ0v) is 13.3. The molecule has 1 aromatic rings. The Balaban J connectivity index is 1.37. The third kappa shape index (κ3) is 3.33. The van der Waals surface area contributed by atoms with Gasteiger partial charge in [-0.15, -0.1) is 0 Å². The van der Waals surface area contributed by atoms with Crippen LogP contribution in [0.3, 0.4) is 0 Å². The fourth-order valence-corrected chi connectivity index (χ4v) is 3.48. The molecule has 1 atom stereocenters. The average Bonchev–Trinajstić information content (AvgIpc) is 2.99. The van der Waals surface area contributed by atoms with Gasteiger partial charge in [0, 0.05) is 50.6 Å². The summed E-state index contributed by atoms with van der Waals surface area (Å²) in [6.45, 7) is 4.23. The van der Waals surface area contributed by atoms with Gasteiger partial charge in [-0.25, -0.2) is 0 Å². The Kier molecular flexibility index (Phi) is 4.18. The van der Waals surface area contributed by atoms with Crippen molar-refractivity contribution in [2.24, 2.45) is 10.2 Å². The first-order valence-corrected chi connectivity index (χ1v) is 8.39. The summed E-state index contributed by atoms with van der Waals surface area (Å²) in [5.41, 5.74) is 4.90. The second-order valence-electron chi connectivity index (χ2n) is 6.38. The van der Waals surface area contributed by atoms with E-state index >= 15 is 0 Å². The molecule has 3 aliphatic rings. The number of hydrogen-bond donors (Lipinski definition) is 1. The third-order valence-corrected chi connectivity index (χ3v) is 4.65. The molecule has 0 bridgehead atoms. The number of allylic oxidation sites excluding steroid dienone is 4. The molecule has 1 saturated heterocycles. The van der Waals surface area contributed by atoms with Gasteiger partial charge in [-0.2, -0.15) is 10.2 Å². The lowest BCUT2D eigenvalue weighted by atomic mass is 9.94. The molecular weight excluding hydrogens is 284 g/mol. The molecule has 1 fully saturated rings. The molecule has 1 aliphatic carbocycles. The fraction of sp³-hybridized carbons (Fsp3) is 0.368. The van der Waals surface area contributed by atoms with Crippen molar-refractivity contribution < 1.29 is 0 Å². The van der Waals surface area contributed by atoms with Crippen LogP contribution >= 0.6 is 0 Å². The zero-order chi connectivity index (χ0) is 15.5. The number of rotatable bonds is 4. The molecule has 2 heterocycles. The highest BCUT2D eigenvalue weighted by molar-refractivity contribution is 6.27. The van der Waals surface area contributed by atoms with Crippen molar-refractivity contribution in [3.05, 3.63) is 59.7 Å². The van der Waals surface area contributed by atoms with Crippen LogP contribution in [0, 0.1) is 0 Å². The van der Waals surface area contributed by atoms with E-state index < -0.39 is 0 Å². The first kappa shape index (κ1) is 14.5. The van der Waals surface area contributed by atoms with E-state index in [-0.39, 0.29) is 0 Å². The summed E-state index contributed by atoms with van der Waals surface area (Å²) in [4.78, 5) is 2.53. The Morgan fingerprint density at radius 2 is 2.09 bits per heavy atom. The number of benzene rings is 1. The molecule has 4 nitrogen and oxygen atoms in total. The van der Waals surface area contributed by atoms with Gasteiger partial charge in [-0.3, -0.25) is 4.90 Å². The van der Waals surface area contributed by atoms with Crippen LogP contribution in [-0.4, -0.2) is 42.0 Å². The highest BCUT2D eigenvalue weighted by Gasteiger charge is 2.26. The standard InChI is InChI=1S/C19H22N4/c1-2-6-15(7-3-1)13-23-11-10-20-16(14-23)12-19-17-8-4-5-9-18(17)21-22-19/h1-8,16,20H,9-14H2. The van der Waals surface area contributed by atoms with Crippen LogP contribution in [0.5, 0.6) is 0 Å². The van der Waals surface area contributed by atoms with E-state index in [1.165, 1.54) is 11.1 Å². The Hall–Kier alpha value is -2.04. The SMILES string of the molecule is C1=CCC2=NN=C(CC3CN(Cc4ccccc4)CCN3)C2=C1. The third-order valence-electron chi connectivity index (χ3n) is 4.65. The van der Waals surface area contributed by atoms with Gasteiger partial charge in [0.1, 0.15) is 0 Å². The van der Waals surface area contributed by atoms with Crippen LogP contribution in [0.1, 0.15) is 18.4 Å². The summed E-state index contributed by atoms with van der Waals surface area (Å²) >= 11 is 0. The van der Waals surface area contributed by atoms with Gasteiger partial charge in [0.25, 0.3) is 0 Å². The Bertz CT molecular complexity index is 685. The maximum absolute atomic E-state index is 4.42. The minimum Gasteiger partial charge on any atom is -0.311 e. The van der Waals surface area contributed by atoms with Crippen LogP contribution in [0.4, 0.5) is 0 Å². The summed E-state index contributed by atoms with van der Waals surface area (Å²) in [5.74, 6) is 0. The van der Waals surface area contributed by atoms with Crippen molar-refractivity contribution in [2.75, 3.05) is 19.6 Å². The van der Waals surface area contributed by atoms with E-state index in [9.17, 15) is 0 Å². The van der Waals surface area contributed by atoms with Crippen molar-refractivity contribution in [1.82, 2.24) is 10.2 Å². The summed E-state index contributed by atoms with van der Waals surface area (Å²) in [7, 11) is 0. The molecule has 118 valence electrons. The summed E-state index contributed by atoms with van der Waals surface area (Å²) in [5, 5.41) is 12.4. The predicted octanol–water partition coefficient (Wildman–Crippen LogP) is 2.55. The van der Waals surface area contributed by atoms with Gasteiger partial charge in [-0.1, -0.05) is 48.6 Å². The minimum absolute atomic E-state index is 0.451. The normalized spacial score (nSPS) is 24.0. The Morgan fingerprint density at radius 1 is 1.17 bits per heavy atom. The van der Waals surface area contributed by atoms with Crippen molar-refractivity contribution in [1.29, 1.82) is 0 Å². The minimum atomic E-state index is 0.451. The lowest BCUT2D eigenvalue weighted by molar-refractivity contribution is 0.195. The van der Waals surface area contributed by atoms with Crippen molar-refractivity contribution in [3.8, 4) is 0 Å². The van der Waals surface area contributed by atoms with Crippen LogP contribution in [-0.2, 0) is 6.54 Å².